The quantitative estimate of drug-likeness (QED) is 0.406. The maximum Gasteiger partial charge on any atom is 0.416 e. The van der Waals surface area contributed by atoms with E-state index in [1.807, 2.05) is 0 Å². The summed E-state index contributed by atoms with van der Waals surface area (Å²) in [6, 6.07) is 10.3. The van der Waals surface area contributed by atoms with Crippen LogP contribution in [0.1, 0.15) is 42.0 Å². The second-order valence-corrected chi connectivity index (χ2v) is 10.3. The third-order valence-electron chi connectivity index (χ3n) is 6.19. The number of ether oxygens (including phenoxy) is 1. The van der Waals surface area contributed by atoms with Gasteiger partial charge in [0.1, 0.15) is 5.75 Å². The SMILES string of the molecule is C[C@@]1(c2ccc(C(F)(F)F)cc2CCC(F)F)CCOc2cc(S(=O)(=O)Nc3cccnn3)ccc21. The summed E-state index contributed by atoms with van der Waals surface area (Å²) < 4.78 is 99.7. The molecule has 0 unspecified atom stereocenters. The molecular formula is C24H22F5N3O3S. The van der Waals surface area contributed by atoms with E-state index in [2.05, 4.69) is 14.9 Å². The first kappa shape index (κ1) is 25.8. The van der Waals surface area contributed by atoms with Crippen molar-refractivity contribution in [2.24, 2.45) is 0 Å². The van der Waals surface area contributed by atoms with Gasteiger partial charge >= 0.3 is 6.18 Å². The lowest BCUT2D eigenvalue weighted by Crippen LogP contribution is -2.32. The molecule has 6 nitrogen and oxygen atoms in total. The van der Waals surface area contributed by atoms with Crippen LogP contribution < -0.4 is 9.46 Å². The van der Waals surface area contributed by atoms with Gasteiger partial charge in [0.2, 0.25) is 6.43 Å². The van der Waals surface area contributed by atoms with E-state index in [1.165, 1.54) is 42.6 Å². The number of anilines is 1. The van der Waals surface area contributed by atoms with Crippen molar-refractivity contribution in [3.05, 3.63) is 77.0 Å². The smallest absolute Gasteiger partial charge is 0.416 e. The minimum absolute atomic E-state index is 0.0226. The van der Waals surface area contributed by atoms with Crippen molar-refractivity contribution in [1.82, 2.24) is 10.2 Å². The van der Waals surface area contributed by atoms with E-state index in [0.717, 1.165) is 12.1 Å². The normalized spacial score (nSPS) is 18.0. The second kappa shape index (κ2) is 9.64. The van der Waals surface area contributed by atoms with Gasteiger partial charge in [0.15, 0.2) is 5.82 Å². The number of fused-ring (bicyclic) bond motifs is 1. The fourth-order valence-corrected chi connectivity index (χ4v) is 5.37. The molecule has 1 aromatic heterocycles. The lowest BCUT2D eigenvalue weighted by Gasteiger charge is -2.38. The van der Waals surface area contributed by atoms with Crippen molar-refractivity contribution in [2.45, 2.75) is 49.1 Å². The molecule has 1 atom stereocenters. The van der Waals surface area contributed by atoms with Gasteiger partial charge in [-0.25, -0.2) is 17.2 Å². The third kappa shape index (κ3) is 5.28. The molecule has 1 N–H and O–H groups in total. The zero-order chi connectivity index (χ0) is 26.1. The number of hydrogen-bond acceptors (Lipinski definition) is 5. The lowest BCUT2D eigenvalue weighted by atomic mass is 9.70. The molecule has 2 heterocycles. The maximum atomic E-state index is 13.3. The van der Waals surface area contributed by atoms with Crippen LogP contribution in [-0.2, 0) is 28.0 Å². The average molecular weight is 528 g/mol. The van der Waals surface area contributed by atoms with Crippen molar-refractivity contribution < 1.29 is 35.1 Å². The predicted octanol–water partition coefficient (Wildman–Crippen LogP) is 5.58. The molecule has 0 saturated carbocycles. The molecule has 0 radical (unpaired) electrons. The lowest BCUT2D eigenvalue weighted by molar-refractivity contribution is -0.137. The van der Waals surface area contributed by atoms with Crippen molar-refractivity contribution in [2.75, 3.05) is 11.3 Å². The molecular weight excluding hydrogens is 505 g/mol. The molecule has 0 amide bonds. The number of alkyl halides is 5. The Morgan fingerprint density at radius 3 is 2.53 bits per heavy atom. The molecule has 0 spiro atoms. The Morgan fingerprint density at radius 2 is 1.86 bits per heavy atom. The van der Waals surface area contributed by atoms with Crippen LogP contribution in [0.2, 0.25) is 0 Å². The Kier molecular flexibility index (Phi) is 6.91. The summed E-state index contributed by atoms with van der Waals surface area (Å²) in [5.41, 5.74) is -0.626. The van der Waals surface area contributed by atoms with Crippen LogP contribution in [0.4, 0.5) is 27.8 Å². The maximum absolute atomic E-state index is 13.3. The van der Waals surface area contributed by atoms with Crippen molar-refractivity contribution in [3.63, 3.8) is 0 Å². The number of benzene rings is 2. The molecule has 2 aromatic carbocycles. The highest BCUT2D eigenvalue weighted by Gasteiger charge is 2.39. The first-order chi connectivity index (χ1) is 16.9. The number of aromatic nitrogens is 2. The average Bonchev–Trinajstić information content (AvgIpc) is 2.82. The van der Waals surface area contributed by atoms with Gasteiger partial charge in [-0.1, -0.05) is 19.1 Å². The minimum atomic E-state index is -4.62. The van der Waals surface area contributed by atoms with Crippen LogP contribution in [0.3, 0.4) is 0 Å². The summed E-state index contributed by atoms with van der Waals surface area (Å²) in [7, 11) is -4.04. The fraction of sp³-hybridized carbons (Fsp3) is 0.333. The number of sulfonamides is 1. The molecule has 192 valence electrons. The van der Waals surface area contributed by atoms with E-state index in [4.69, 9.17) is 4.74 Å². The molecule has 0 saturated heterocycles. The largest absolute Gasteiger partial charge is 0.493 e. The van der Waals surface area contributed by atoms with Crippen molar-refractivity contribution >= 4 is 15.8 Å². The van der Waals surface area contributed by atoms with Crippen molar-refractivity contribution in [3.8, 4) is 5.75 Å². The van der Waals surface area contributed by atoms with Gasteiger partial charge in [-0.3, -0.25) is 4.72 Å². The van der Waals surface area contributed by atoms with Crippen LogP contribution in [0.5, 0.6) is 5.75 Å². The second-order valence-electron chi connectivity index (χ2n) is 8.60. The molecule has 1 aliphatic heterocycles. The van der Waals surface area contributed by atoms with Crippen LogP contribution in [0, 0.1) is 0 Å². The molecule has 4 rings (SSSR count). The Hall–Kier alpha value is -3.28. The predicted molar refractivity (Wildman–Crippen MR) is 122 cm³/mol. The highest BCUT2D eigenvalue weighted by molar-refractivity contribution is 7.92. The molecule has 0 aliphatic carbocycles. The number of halogens is 5. The summed E-state index contributed by atoms with van der Waals surface area (Å²) in [4.78, 5) is -0.110. The van der Waals surface area contributed by atoms with Crippen LogP contribution in [-0.4, -0.2) is 31.6 Å². The number of rotatable bonds is 7. The van der Waals surface area contributed by atoms with E-state index >= 15 is 0 Å². The van der Waals surface area contributed by atoms with Crippen LogP contribution >= 0.6 is 0 Å². The van der Waals surface area contributed by atoms with E-state index < -0.39 is 40.0 Å². The van der Waals surface area contributed by atoms with Gasteiger partial charge in [0.05, 0.1) is 17.1 Å². The number of aryl methyl sites for hydroxylation is 1. The van der Waals surface area contributed by atoms with Crippen molar-refractivity contribution in [1.29, 1.82) is 0 Å². The molecule has 1 aliphatic rings. The Balaban J connectivity index is 1.75. The van der Waals surface area contributed by atoms with Gasteiger partial charge in [0.25, 0.3) is 10.0 Å². The summed E-state index contributed by atoms with van der Waals surface area (Å²) in [6.07, 6.45) is -6.36. The molecule has 12 heteroatoms. The van der Waals surface area contributed by atoms with E-state index in [-0.39, 0.29) is 35.1 Å². The molecule has 0 fully saturated rings. The van der Waals surface area contributed by atoms with Crippen LogP contribution in [0.25, 0.3) is 0 Å². The third-order valence-corrected chi connectivity index (χ3v) is 7.54. The summed E-state index contributed by atoms with van der Waals surface area (Å²) in [5, 5.41) is 7.32. The van der Waals surface area contributed by atoms with E-state index in [1.54, 1.807) is 6.92 Å². The fourth-order valence-electron chi connectivity index (χ4n) is 4.36. The molecule has 36 heavy (non-hydrogen) atoms. The highest BCUT2D eigenvalue weighted by atomic mass is 32.2. The van der Waals surface area contributed by atoms with Gasteiger partial charge < -0.3 is 4.74 Å². The van der Waals surface area contributed by atoms with Gasteiger partial charge in [-0.05, 0) is 54.3 Å². The van der Waals surface area contributed by atoms with E-state index in [0.29, 0.717) is 17.5 Å². The monoisotopic (exact) mass is 527 g/mol. The Bertz CT molecular complexity index is 1350. The number of nitrogens with zero attached hydrogens (tertiary/aromatic N) is 2. The number of hydrogen-bond donors (Lipinski definition) is 1. The minimum Gasteiger partial charge on any atom is -0.493 e. The Morgan fingerprint density at radius 1 is 1.11 bits per heavy atom. The van der Waals surface area contributed by atoms with Crippen LogP contribution in [0.15, 0.2) is 59.6 Å². The summed E-state index contributed by atoms with van der Waals surface area (Å²) in [5.74, 6) is 0.264. The summed E-state index contributed by atoms with van der Waals surface area (Å²) >= 11 is 0. The molecule has 0 bridgehead atoms. The zero-order valence-corrected chi connectivity index (χ0v) is 19.8. The first-order valence-electron chi connectivity index (χ1n) is 11.0. The molecule has 3 aromatic rings. The van der Waals surface area contributed by atoms with Gasteiger partial charge in [-0.2, -0.15) is 18.3 Å². The van der Waals surface area contributed by atoms with Gasteiger partial charge in [-0.15, -0.1) is 5.10 Å². The topological polar surface area (TPSA) is 81.2 Å². The zero-order valence-electron chi connectivity index (χ0n) is 19.0. The summed E-state index contributed by atoms with van der Waals surface area (Å²) in [6.45, 7) is 1.94. The van der Waals surface area contributed by atoms with Gasteiger partial charge in [0, 0.05) is 29.7 Å². The highest BCUT2D eigenvalue weighted by Crippen LogP contribution is 2.46. The standard InChI is InChI=1S/C24H22F5N3O3S/c1-23(18-7-5-16(24(27,28)29)13-15(18)4-9-21(25)26)10-12-35-20-14-17(6-8-19(20)23)36(33,34)32-22-3-2-11-30-31-22/h2-3,5-8,11,13-14,21H,4,9-10,12H2,1H3,(H,31,32)/t23-/m0/s1. The first-order valence-corrected chi connectivity index (χ1v) is 12.4. The van der Waals surface area contributed by atoms with E-state index in [9.17, 15) is 30.4 Å². The Labute approximate surface area is 204 Å². The number of nitrogens with one attached hydrogen (secondary N) is 1.